The Morgan fingerprint density at radius 2 is 1.97 bits per heavy atom. The van der Waals surface area contributed by atoms with Crippen molar-refractivity contribution in [1.29, 1.82) is 0 Å². The number of urea groups is 1. The van der Waals surface area contributed by atoms with Gasteiger partial charge >= 0.3 is 6.03 Å². The molecule has 3 aliphatic heterocycles. The van der Waals surface area contributed by atoms with Crippen LogP contribution in [0.4, 0.5) is 20.6 Å². The molecule has 1 aliphatic carbocycles. The maximum absolute atomic E-state index is 14.4. The van der Waals surface area contributed by atoms with Crippen molar-refractivity contribution in [2.45, 2.75) is 57.1 Å². The smallest absolute Gasteiger partial charge is 0.326 e. The third-order valence-corrected chi connectivity index (χ3v) is 7.71. The number of amides is 2. The van der Waals surface area contributed by atoms with Crippen molar-refractivity contribution in [2.75, 3.05) is 23.4 Å². The molecule has 5 heterocycles. The minimum atomic E-state index is -0.454. The first-order chi connectivity index (χ1) is 17.5. The average molecular weight is 487 g/mol. The van der Waals surface area contributed by atoms with Gasteiger partial charge in [-0.2, -0.15) is 0 Å². The lowest BCUT2D eigenvalue weighted by molar-refractivity contribution is 0.00666. The summed E-state index contributed by atoms with van der Waals surface area (Å²) in [6, 6.07) is 8.85. The van der Waals surface area contributed by atoms with Crippen LogP contribution in [-0.2, 0) is 17.7 Å². The number of fused-ring (bicyclic) bond motifs is 2. The lowest BCUT2D eigenvalue weighted by Crippen LogP contribution is -2.40. The van der Waals surface area contributed by atoms with E-state index in [9.17, 15) is 9.18 Å². The molecule has 2 fully saturated rings. The Labute approximate surface area is 208 Å². The summed E-state index contributed by atoms with van der Waals surface area (Å²) in [7, 11) is 0. The molecule has 7 rings (SSSR count). The Hall–Kier alpha value is -3.52. The molecule has 0 radical (unpaired) electrons. The van der Waals surface area contributed by atoms with Crippen LogP contribution in [0.2, 0.25) is 0 Å². The van der Waals surface area contributed by atoms with Gasteiger partial charge in [0.1, 0.15) is 23.4 Å². The maximum atomic E-state index is 14.4. The van der Waals surface area contributed by atoms with E-state index in [4.69, 9.17) is 14.5 Å². The van der Waals surface area contributed by atoms with Crippen molar-refractivity contribution in [1.82, 2.24) is 9.97 Å². The number of hydrogen-bond acceptors (Lipinski definition) is 5. The molecule has 1 N–H and O–H groups in total. The van der Waals surface area contributed by atoms with Crippen LogP contribution in [0, 0.1) is 12.7 Å². The van der Waals surface area contributed by atoms with Crippen molar-refractivity contribution in [2.24, 2.45) is 0 Å². The minimum Gasteiger partial charge on any atom is -0.484 e. The van der Waals surface area contributed by atoms with Crippen molar-refractivity contribution >= 4 is 17.4 Å². The Balaban J connectivity index is 1.22. The third-order valence-electron chi connectivity index (χ3n) is 7.71. The molecule has 1 saturated heterocycles. The van der Waals surface area contributed by atoms with Crippen LogP contribution >= 0.6 is 0 Å². The van der Waals surface area contributed by atoms with Crippen LogP contribution < -0.4 is 15.0 Å². The molecule has 1 aromatic carbocycles. The summed E-state index contributed by atoms with van der Waals surface area (Å²) < 4.78 is 26.0. The van der Waals surface area contributed by atoms with Gasteiger partial charge in [0.25, 0.3) is 0 Å². The van der Waals surface area contributed by atoms with E-state index in [1.807, 2.05) is 19.1 Å². The molecule has 2 aromatic heterocycles. The summed E-state index contributed by atoms with van der Waals surface area (Å²) in [5.41, 5.74) is 7.26. The molecule has 8 heteroatoms. The molecular formula is C28H27FN4O3. The highest BCUT2D eigenvalue weighted by atomic mass is 19.1. The highest BCUT2D eigenvalue weighted by Crippen LogP contribution is 2.46. The van der Waals surface area contributed by atoms with Crippen molar-refractivity contribution in [3.05, 3.63) is 76.1 Å². The first-order valence-corrected chi connectivity index (χ1v) is 12.7. The molecule has 0 bridgehead atoms. The van der Waals surface area contributed by atoms with Crippen LogP contribution in [0.1, 0.15) is 71.0 Å². The number of aromatic nitrogens is 2. The second kappa shape index (κ2) is 8.27. The van der Waals surface area contributed by atoms with Gasteiger partial charge in [-0.3, -0.25) is 14.9 Å². The molecule has 184 valence electrons. The summed E-state index contributed by atoms with van der Waals surface area (Å²) in [6.45, 7) is 3.85. The van der Waals surface area contributed by atoms with Gasteiger partial charge in [-0.05, 0) is 61.9 Å². The number of carbonyl (C=O) groups excluding carboxylic acids is 1. The van der Waals surface area contributed by atoms with Gasteiger partial charge in [0.05, 0.1) is 42.5 Å². The number of halogens is 1. The normalized spacial score (nSPS) is 21.2. The molecule has 3 aromatic rings. The Bertz CT molecular complexity index is 1390. The monoisotopic (exact) mass is 486 g/mol. The number of nitrogens with zero attached hydrogens (tertiary/aromatic N) is 3. The van der Waals surface area contributed by atoms with E-state index in [1.165, 1.54) is 6.07 Å². The number of hydrogen-bond donors (Lipinski definition) is 1. The second-order valence-electron chi connectivity index (χ2n) is 10.2. The highest BCUT2D eigenvalue weighted by Gasteiger charge is 2.36. The van der Waals surface area contributed by atoms with E-state index in [0.29, 0.717) is 49.5 Å². The van der Waals surface area contributed by atoms with Gasteiger partial charge in [-0.15, -0.1) is 0 Å². The van der Waals surface area contributed by atoms with Crippen molar-refractivity contribution in [3.8, 4) is 5.75 Å². The standard InChI is InChI=1S/C28H27FN4O3/c1-15-9-17-6-7-24(27-20(29)3-2-8-30-27)36-25(17)11-23(15)33-12-19-22(32-28(33)34)10-21(18-13-35-14-18)31-26(19)16-4-5-16/h2-3,8-11,16,18,24H,4-7,12-14H2,1H3,(H,32,34). The van der Waals surface area contributed by atoms with Crippen LogP contribution in [0.25, 0.3) is 0 Å². The predicted molar refractivity (Wildman–Crippen MR) is 132 cm³/mol. The fourth-order valence-electron chi connectivity index (χ4n) is 5.47. The van der Waals surface area contributed by atoms with Crippen molar-refractivity contribution in [3.63, 3.8) is 0 Å². The topological polar surface area (TPSA) is 76.6 Å². The Kier molecular flexibility index (Phi) is 4.99. The van der Waals surface area contributed by atoms with Gasteiger partial charge < -0.3 is 14.8 Å². The molecule has 7 nitrogen and oxygen atoms in total. The van der Waals surface area contributed by atoms with Gasteiger partial charge in [-0.1, -0.05) is 6.07 Å². The minimum absolute atomic E-state index is 0.169. The second-order valence-corrected chi connectivity index (χ2v) is 10.2. The number of aryl methyl sites for hydroxylation is 2. The molecule has 0 spiro atoms. The quantitative estimate of drug-likeness (QED) is 0.525. The number of ether oxygens (including phenoxy) is 2. The predicted octanol–water partition coefficient (Wildman–Crippen LogP) is 5.53. The van der Waals surface area contributed by atoms with Gasteiger partial charge in [0.2, 0.25) is 0 Å². The zero-order valence-electron chi connectivity index (χ0n) is 20.1. The van der Waals surface area contributed by atoms with Crippen LogP contribution in [0.3, 0.4) is 0 Å². The highest BCUT2D eigenvalue weighted by molar-refractivity contribution is 6.05. The first kappa shape index (κ1) is 21.7. The van der Waals surface area contributed by atoms with Gasteiger partial charge in [0.15, 0.2) is 0 Å². The van der Waals surface area contributed by atoms with Crippen LogP contribution in [-0.4, -0.2) is 29.2 Å². The zero-order valence-corrected chi connectivity index (χ0v) is 20.1. The number of nitrogens with one attached hydrogen (secondary N) is 1. The molecule has 1 saturated carbocycles. The SMILES string of the molecule is Cc1cc2c(cc1N1Cc3c(cc(C4COC4)nc3C3CC3)NC1=O)OC(c1ncccc1F)CC2. The number of rotatable bonds is 4. The van der Waals surface area contributed by atoms with E-state index < -0.39 is 6.10 Å². The van der Waals surface area contributed by atoms with E-state index in [1.54, 1.807) is 17.2 Å². The number of pyridine rings is 2. The molecule has 1 atom stereocenters. The molecule has 36 heavy (non-hydrogen) atoms. The summed E-state index contributed by atoms with van der Waals surface area (Å²) in [5.74, 6) is 1.08. The van der Waals surface area contributed by atoms with E-state index in [-0.39, 0.29) is 11.8 Å². The summed E-state index contributed by atoms with van der Waals surface area (Å²) in [6.07, 6.45) is 4.81. The molecular weight excluding hydrogens is 459 g/mol. The average Bonchev–Trinajstić information content (AvgIpc) is 3.67. The third kappa shape index (κ3) is 3.63. The Morgan fingerprint density at radius 1 is 1.11 bits per heavy atom. The van der Waals surface area contributed by atoms with Gasteiger partial charge in [-0.25, -0.2) is 9.18 Å². The number of benzene rings is 1. The summed E-state index contributed by atoms with van der Waals surface area (Å²) in [5, 5.41) is 3.13. The van der Waals surface area contributed by atoms with E-state index >= 15 is 0 Å². The van der Waals surface area contributed by atoms with Crippen LogP contribution in [0.5, 0.6) is 5.75 Å². The maximum Gasteiger partial charge on any atom is 0.326 e. The first-order valence-electron chi connectivity index (χ1n) is 12.7. The zero-order chi connectivity index (χ0) is 24.4. The summed E-state index contributed by atoms with van der Waals surface area (Å²) in [4.78, 5) is 24.4. The van der Waals surface area contributed by atoms with Crippen LogP contribution in [0.15, 0.2) is 36.5 Å². The largest absolute Gasteiger partial charge is 0.484 e. The number of anilines is 2. The molecule has 2 amide bonds. The number of carbonyl (C=O) groups is 1. The fourth-order valence-corrected chi connectivity index (χ4v) is 5.47. The van der Waals surface area contributed by atoms with E-state index in [2.05, 4.69) is 16.4 Å². The van der Waals surface area contributed by atoms with Gasteiger partial charge in [0, 0.05) is 29.7 Å². The summed E-state index contributed by atoms with van der Waals surface area (Å²) >= 11 is 0. The lowest BCUT2D eigenvalue weighted by Gasteiger charge is -2.34. The lowest BCUT2D eigenvalue weighted by atomic mass is 9.96. The van der Waals surface area contributed by atoms with Crippen molar-refractivity contribution < 1.29 is 18.7 Å². The molecule has 4 aliphatic rings. The van der Waals surface area contributed by atoms with E-state index in [0.717, 1.165) is 58.7 Å². The fraction of sp³-hybridized carbons (Fsp3) is 0.393. The Morgan fingerprint density at radius 3 is 2.72 bits per heavy atom. The molecule has 1 unspecified atom stereocenters.